The van der Waals surface area contributed by atoms with E-state index in [0.717, 1.165) is 0 Å². The number of hydrogen-bond acceptors (Lipinski definition) is 4. The van der Waals surface area contributed by atoms with Crippen molar-refractivity contribution in [2.24, 2.45) is 0 Å². The maximum absolute atomic E-state index is 9.82. The van der Waals surface area contributed by atoms with E-state index in [0.29, 0.717) is 5.75 Å². The molecule has 2 atom stereocenters. The third-order valence-electron chi connectivity index (χ3n) is 1.12. The average molecular weight is 380 g/mol. The topological polar surface area (TPSA) is 130 Å². The maximum atomic E-state index is 9.82. The quantitative estimate of drug-likeness (QED) is 0.188. The molecule has 0 aromatic rings. The van der Waals surface area contributed by atoms with Gasteiger partial charge in [-0.15, -0.1) is 5.75 Å². The molecule has 0 fully saturated rings. The van der Waals surface area contributed by atoms with Gasteiger partial charge in [0.05, 0.1) is 5.75 Å². The van der Waals surface area contributed by atoms with Gasteiger partial charge in [-0.05, 0) is 0 Å². The molecule has 0 saturated carbocycles. The predicted octanol–water partition coefficient (Wildman–Crippen LogP) is -9.15. The van der Waals surface area contributed by atoms with Gasteiger partial charge in [-0.1, -0.05) is 0 Å². The van der Waals surface area contributed by atoms with E-state index in [1.807, 2.05) is 0 Å². The van der Waals surface area contributed by atoms with Gasteiger partial charge in [0.1, 0.15) is 0 Å². The Kier molecular flexibility index (Phi) is 34.4. The van der Waals surface area contributed by atoms with Crippen LogP contribution in [0, 0.1) is 0 Å². The molecular weight excluding hydrogens is 365 g/mol. The van der Waals surface area contributed by atoms with E-state index in [2.05, 4.69) is 36.7 Å². The molecule has 0 amide bonds. The number of carboxylic acids is 2. The normalized spacial score (nSPS) is 11.1. The molecule has 0 radical (unpaired) electrons. The van der Waals surface area contributed by atoms with Gasteiger partial charge < -0.3 is 59.1 Å². The van der Waals surface area contributed by atoms with Crippen LogP contribution in [-0.2, 0) is 41.7 Å². The third-order valence-corrected chi connectivity index (χ3v) is 1.96. The monoisotopic (exact) mass is 377 g/mol. The van der Waals surface area contributed by atoms with Crippen LogP contribution in [0.1, 0.15) is 0 Å². The van der Waals surface area contributed by atoms with Crippen molar-refractivity contribution in [3.8, 4) is 0 Å². The first-order valence-electron chi connectivity index (χ1n) is 3.67. The van der Waals surface area contributed by atoms with Crippen molar-refractivity contribution in [2.75, 3.05) is 11.5 Å². The standard InChI is InChI=1S/2C3H7NO2S.2ClH.Zn/c2*4-2(1-7)3(5)6;;;/h2*2,7H,1,4H2,(H,5,6);2*1H;/p-1/t2-;;;;/m1..../s1. The van der Waals surface area contributed by atoms with E-state index in [9.17, 15) is 9.59 Å². The molecule has 0 aliphatic heterocycles. The van der Waals surface area contributed by atoms with Gasteiger partial charge in [-0.25, -0.2) is 9.59 Å². The zero-order valence-corrected chi connectivity index (χ0v) is 15.2. The van der Waals surface area contributed by atoms with Crippen molar-refractivity contribution < 1.29 is 75.6 Å². The maximum Gasteiger partial charge on any atom is 0.363 e. The van der Waals surface area contributed by atoms with Crippen molar-refractivity contribution in [3.63, 3.8) is 0 Å². The molecule has 0 bridgehead atoms. The summed E-state index contributed by atoms with van der Waals surface area (Å²) in [6, 6.07) is -1.18. The first-order chi connectivity index (χ1) is 6.36. The number of carbonyl (C=O) groups is 2. The third kappa shape index (κ3) is 22.4. The average Bonchev–Trinajstić information content (AvgIpc) is 2.15. The van der Waals surface area contributed by atoms with Crippen LogP contribution in [0.3, 0.4) is 0 Å². The Morgan fingerprint density at radius 3 is 1.41 bits per heavy atom. The van der Waals surface area contributed by atoms with Crippen LogP contribution < -0.4 is 36.3 Å². The molecule has 8 N–H and O–H groups in total. The van der Waals surface area contributed by atoms with Gasteiger partial charge in [-0.3, -0.25) is 0 Å². The molecule has 0 heterocycles. The summed E-state index contributed by atoms with van der Waals surface area (Å²) in [4.78, 5) is 19.6. The minimum atomic E-state index is -0.921. The summed E-state index contributed by atoms with van der Waals surface area (Å²) < 4.78 is 0. The molecule has 0 aliphatic rings. The van der Waals surface area contributed by atoms with Gasteiger partial charge in [-0.2, -0.15) is 12.6 Å². The molecule has 0 spiro atoms. The Bertz CT molecular complexity index is 185. The molecule has 0 aliphatic carbocycles. The second kappa shape index (κ2) is 19.1. The van der Waals surface area contributed by atoms with Crippen LogP contribution in [-0.4, -0.2) is 45.7 Å². The minimum Gasteiger partial charge on any atom is -1.00 e. The second-order valence-electron chi connectivity index (χ2n) is 2.42. The van der Waals surface area contributed by atoms with E-state index >= 15 is 0 Å². The van der Waals surface area contributed by atoms with Crippen LogP contribution in [0.4, 0.5) is 0 Å². The van der Waals surface area contributed by atoms with E-state index in [1.54, 1.807) is 0 Å². The van der Waals surface area contributed by atoms with Crippen LogP contribution in [0.2, 0.25) is 0 Å². The summed E-state index contributed by atoms with van der Waals surface area (Å²) in [6.45, 7) is 0. The second-order valence-corrected chi connectivity index (χ2v) is 3.12. The van der Waals surface area contributed by atoms with Crippen molar-refractivity contribution in [2.45, 2.75) is 12.1 Å². The first kappa shape index (κ1) is 30.6. The fourth-order valence-corrected chi connectivity index (χ4v) is 0.448. The number of quaternary nitrogens is 2. The van der Waals surface area contributed by atoms with Gasteiger partial charge >= 0.3 is 11.9 Å². The summed E-state index contributed by atoms with van der Waals surface area (Å²) in [5.41, 5.74) is 6.53. The molecule has 0 aromatic carbocycles. The largest absolute Gasteiger partial charge is 1.00 e. The number of halogens is 2. The van der Waals surface area contributed by atoms with Crippen molar-refractivity contribution >= 4 is 37.2 Å². The van der Waals surface area contributed by atoms with E-state index < -0.39 is 24.0 Å². The Labute approximate surface area is 136 Å². The summed E-state index contributed by atoms with van der Waals surface area (Å²) in [7, 11) is 0. The molecule has 11 heteroatoms. The SMILES string of the molecule is [Cl-].[Cl-].[NH3+]C(C[S-])C(=O)O.[NH3+][C@H](CS)C(=O)O.[Zn]. The zero-order valence-electron chi connectivity index (χ0n) is 9.01. The van der Waals surface area contributed by atoms with Gasteiger partial charge in [0, 0.05) is 19.5 Å². The molecule has 0 aromatic heterocycles. The molecule has 0 rings (SSSR count). The fraction of sp³-hybridized carbons (Fsp3) is 0.667. The molecule has 102 valence electrons. The van der Waals surface area contributed by atoms with Gasteiger partial charge in [0.2, 0.25) is 0 Å². The van der Waals surface area contributed by atoms with E-state index in [4.69, 9.17) is 10.2 Å². The van der Waals surface area contributed by atoms with Crippen LogP contribution in [0.15, 0.2) is 0 Å². The van der Waals surface area contributed by atoms with Gasteiger partial charge in [0.25, 0.3) is 0 Å². The number of hydrogen-bond donors (Lipinski definition) is 5. The molecule has 1 unspecified atom stereocenters. The number of thiol groups is 1. The molecule has 0 saturated heterocycles. The Morgan fingerprint density at radius 2 is 1.41 bits per heavy atom. The molecule has 17 heavy (non-hydrogen) atoms. The van der Waals surface area contributed by atoms with Crippen LogP contribution >= 0.6 is 12.6 Å². The summed E-state index contributed by atoms with van der Waals surface area (Å²) >= 11 is 8.12. The summed E-state index contributed by atoms with van der Waals surface area (Å²) in [6.07, 6.45) is 0. The first-order valence-corrected chi connectivity index (χ1v) is 4.88. The summed E-state index contributed by atoms with van der Waals surface area (Å²) in [5, 5.41) is 16.1. The van der Waals surface area contributed by atoms with Crippen molar-refractivity contribution in [3.05, 3.63) is 0 Å². The van der Waals surface area contributed by atoms with Crippen molar-refractivity contribution in [1.29, 1.82) is 0 Å². The summed E-state index contributed by atoms with van der Waals surface area (Å²) in [5.74, 6) is -1.32. The van der Waals surface area contributed by atoms with Crippen molar-refractivity contribution in [1.82, 2.24) is 0 Å². The Hall–Kier alpha value is 0.763. The van der Waals surface area contributed by atoms with Gasteiger partial charge in [0.15, 0.2) is 12.1 Å². The molecule has 6 nitrogen and oxygen atoms in total. The zero-order chi connectivity index (χ0) is 11.7. The number of rotatable bonds is 4. The predicted molar refractivity (Wildman–Crippen MR) is 54.7 cm³/mol. The van der Waals surface area contributed by atoms with E-state index in [1.165, 1.54) is 0 Å². The fourth-order valence-electron chi connectivity index (χ4n) is 0.149. The number of aliphatic carboxylic acids is 2. The number of carboxylic acid groups (broad SMARTS) is 2. The Balaban J connectivity index is -0.0000000480. The Morgan fingerprint density at radius 1 is 1.12 bits per heavy atom. The van der Waals surface area contributed by atoms with E-state index in [-0.39, 0.29) is 50.0 Å². The van der Waals surface area contributed by atoms with Crippen LogP contribution in [0.5, 0.6) is 0 Å². The smallest absolute Gasteiger partial charge is 0.363 e. The molecular formula is C6H15Cl2N2O4S2Zn-. The minimum absolute atomic E-state index is 0. The van der Waals surface area contributed by atoms with Crippen LogP contribution in [0.25, 0.3) is 0 Å².